The van der Waals surface area contributed by atoms with Crippen LogP contribution < -0.4 is 5.32 Å². The number of ether oxygens (including phenoxy) is 1. The quantitative estimate of drug-likeness (QED) is 0.892. The minimum Gasteiger partial charge on any atom is -0.444 e. The molecule has 0 spiro atoms. The lowest BCUT2D eigenvalue weighted by Crippen LogP contribution is -2.42. The van der Waals surface area contributed by atoms with E-state index in [0.29, 0.717) is 30.8 Å². The van der Waals surface area contributed by atoms with Crippen molar-refractivity contribution in [2.45, 2.75) is 52.6 Å². The standard InChI is InChI=1S/C19H27FN2O3/c1-13-5-6-15(12-16(13)20)21-17(23)11-14-7-9-22(10-8-14)18(24)25-19(2,3)4/h5-6,12,14H,7-11H2,1-4H3,(H,21,23). The lowest BCUT2D eigenvalue weighted by molar-refractivity contribution is -0.117. The molecule has 2 rings (SSSR count). The van der Waals surface area contributed by atoms with Gasteiger partial charge in [-0.05, 0) is 64.2 Å². The third kappa shape index (κ3) is 6.03. The molecule has 1 N–H and O–H groups in total. The molecule has 25 heavy (non-hydrogen) atoms. The van der Waals surface area contributed by atoms with E-state index in [9.17, 15) is 14.0 Å². The molecule has 0 saturated carbocycles. The smallest absolute Gasteiger partial charge is 0.410 e. The molecule has 1 aliphatic rings. The Morgan fingerprint density at radius 1 is 1.28 bits per heavy atom. The highest BCUT2D eigenvalue weighted by Gasteiger charge is 2.27. The summed E-state index contributed by atoms with van der Waals surface area (Å²) >= 11 is 0. The van der Waals surface area contributed by atoms with Crippen LogP contribution in [0.15, 0.2) is 18.2 Å². The number of hydrogen-bond acceptors (Lipinski definition) is 3. The molecule has 0 radical (unpaired) electrons. The SMILES string of the molecule is Cc1ccc(NC(=O)CC2CCN(C(=O)OC(C)(C)C)CC2)cc1F. The number of piperidine rings is 1. The van der Waals surface area contributed by atoms with Gasteiger partial charge in [-0.3, -0.25) is 4.79 Å². The van der Waals surface area contributed by atoms with Crippen LogP contribution in [-0.4, -0.2) is 35.6 Å². The summed E-state index contributed by atoms with van der Waals surface area (Å²) in [5, 5.41) is 2.74. The molecule has 1 aliphatic heterocycles. The Morgan fingerprint density at radius 3 is 2.48 bits per heavy atom. The number of hydrogen-bond donors (Lipinski definition) is 1. The minimum atomic E-state index is -0.503. The van der Waals surface area contributed by atoms with Crippen molar-refractivity contribution in [3.8, 4) is 0 Å². The summed E-state index contributed by atoms with van der Waals surface area (Å²) in [5.74, 6) is -0.239. The van der Waals surface area contributed by atoms with Crippen LogP contribution in [0.3, 0.4) is 0 Å². The van der Waals surface area contributed by atoms with Crippen LogP contribution in [0, 0.1) is 18.7 Å². The highest BCUT2D eigenvalue weighted by Crippen LogP contribution is 2.23. The largest absolute Gasteiger partial charge is 0.444 e. The van der Waals surface area contributed by atoms with Crippen LogP contribution in [0.4, 0.5) is 14.9 Å². The molecule has 6 heteroatoms. The van der Waals surface area contributed by atoms with Crippen LogP contribution >= 0.6 is 0 Å². The summed E-state index contributed by atoms with van der Waals surface area (Å²) in [6.07, 6.45) is 1.59. The van der Waals surface area contributed by atoms with Gasteiger partial charge in [0.25, 0.3) is 0 Å². The van der Waals surface area contributed by atoms with E-state index in [0.717, 1.165) is 12.8 Å². The highest BCUT2D eigenvalue weighted by atomic mass is 19.1. The number of aryl methyl sites for hydroxylation is 1. The predicted octanol–water partition coefficient (Wildman–Crippen LogP) is 4.11. The maximum absolute atomic E-state index is 13.5. The maximum atomic E-state index is 13.5. The molecule has 1 fully saturated rings. The first-order valence-electron chi connectivity index (χ1n) is 8.68. The van der Waals surface area contributed by atoms with Gasteiger partial charge in [0.05, 0.1) is 0 Å². The number of halogens is 1. The van der Waals surface area contributed by atoms with Gasteiger partial charge in [0.2, 0.25) is 5.91 Å². The predicted molar refractivity (Wildman–Crippen MR) is 94.9 cm³/mol. The Hall–Kier alpha value is -2.11. The molecule has 0 atom stereocenters. The molecule has 0 unspecified atom stereocenters. The average Bonchev–Trinajstić information content (AvgIpc) is 2.50. The lowest BCUT2D eigenvalue weighted by atomic mass is 9.93. The molecule has 1 aromatic rings. The van der Waals surface area contributed by atoms with Gasteiger partial charge >= 0.3 is 6.09 Å². The van der Waals surface area contributed by atoms with Crippen LogP contribution in [-0.2, 0) is 9.53 Å². The van der Waals surface area contributed by atoms with Gasteiger partial charge in [-0.2, -0.15) is 0 Å². The molecule has 1 saturated heterocycles. The average molecular weight is 350 g/mol. The number of nitrogens with zero attached hydrogens (tertiary/aromatic N) is 1. The summed E-state index contributed by atoms with van der Waals surface area (Å²) in [7, 11) is 0. The maximum Gasteiger partial charge on any atom is 0.410 e. The first kappa shape index (κ1) is 19.2. The van der Waals surface area contributed by atoms with Crippen molar-refractivity contribution in [3.63, 3.8) is 0 Å². The topological polar surface area (TPSA) is 58.6 Å². The van der Waals surface area contributed by atoms with Crippen LogP contribution in [0.1, 0.15) is 45.6 Å². The normalized spacial score (nSPS) is 15.8. The van der Waals surface area contributed by atoms with Gasteiger partial charge in [-0.25, -0.2) is 9.18 Å². The molecule has 1 aromatic carbocycles. The van der Waals surface area contributed by atoms with Crippen molar-refractivity contribution in [2.24, 2.45) is 5.92 Å². The second-order valence-electron chi connectivity index (χ2n) is 7.63. The summed E-state index contributed by atoms with van der Waals surface area (Å²) in [4.78, 5) is 25.9. The van der Waals surface area contributed by atoms with Crippen molar-refractivity contribution in [2.75, 3.05) is 18.4 Å². The van der Waals surface area contributed by atoms with E-state index in [-0.39, 0.29) is 23.7 Å². The van der Waals surface area contributed by atoms with E-state index >= 15 is 0 Å². The van der Waals surface area contributed by atoms with Crippen molar-refractivity contribution in [3.05, 3.63) is 29.6 Å². The number of carbonyl (C=O) groups is 2. The number of benzene rings is 1. The zero-order valence-electron chi connectivity index (χ0n) is 15.4. The van der Waals surface area contributed by atoms with Crippen molar-refractivity contribution in [1.29, 1.82) is 0 Å². The molecule has 2 amide bonds. The van der Waals surface area contributed by atoms with Crippen LogP contribution in [0.25, 0.3) is 0 Å². The Labute approximate surface area is 148 Å². The summed E-state index contributed by atoms with van der Waals surface area (Å²) in [5.41, 5.74) is 0.517. The van der Waals surface area contributed by atoms with E-state index in [4.69, 9.17) is 4.74 Å². The van der Waals surface area contributed by atoms with Crippen molar-refractivity contribution >= 4 is 17.7 Å². The second-order valence-corrected chi connectivity index (χ2v) is 7.63. The molecule has 0 aliphatic carbocycles. The molecular formula is C19H27FN2O3. The van der Waals surface area contributed by atoms with Crippen LogP contribution in [0.5, 0.6) is 0 Å². The van der Waals surface area contributed by atoms with Gasteiger partial charge in [0.1, 0.15) is 11.4 Å². The second kappa shape index (κ2) is 7.85. The Bertz CT molecular complexity index is 632. The molecule has 1 heterocycles. The number of amides is 2. The number of carbonyl (C=O) groups excluding carboxylic acids is 2. The molecule has 5 nitrogen and oxygen atoms in total. The summed E-state index contributed by atoms with van der Waals surface area (Å²) < 4.78 is 18.9. The molecule has 138 valence electrons. The monoisotopic (exact) mass is 350 g/mol. The molecule has 0 bridgehead atoms. The zero-order chi connectivity index (χ0) is 18.6. The van der Waals surface area contributed by atoms with E-state index < -0.39 is 5.60 Å². The fourth-order valence-corrected chi connectivity index (χ4v) is 2.79. The van der Waals surface area contributed by atoms with Gasteiger partial charge in [0.15, 0.2) is 0 Å². The van der Waals surface area contributed by atoms with E-state index in [1.165, 1.54) is 6.07 Å². The van der Waals surface area contributed by atoms with E-state index in [1.807, 2.05) is 20.8 Å². The van der Waals surface area contributed by atoms with E-state index in [2.05, 4.69) is 5.32 Å². The molecule has 0 aromatic heterocycles. The Balaban J connectivity index is 1.78. The zero-order valence-corrected chi connectivity index (χ0v) is 15.4. The minimum absolute atomic E-state index is 0.126. The lowest BCUT2D eigenvalue weighted by Gasteiger charge is -2.33. The number of likely N-dealkylation sites (tertiary alicyclic amines) is 1. The summed E-state index contributed by atoms with van der Waals surface area (Å²) in [6.45, 7) is 8.39. The van der Waals surface area contributed by atoms with Crippen molar-refractivity contribution in [1.82, 2.24) is 4.90 Å². The summed E-state index contributed by atoms with van der Waals surface area (Å²) in [6, 6.07) is 4.67. The number of nitrogens with one attached hydrogen (secondary N) is 1. The number of anilines is 1. The molecular weight excluding hydrogens is 323 g/mol. The van der Waals surface area contributed by atoms with Crippen molar-refractivity contribution < 1.29 is 18.7 Å². The van der Waals surface area contributed by atoms with Gasteiger partial charge in [-0.15, -0.1) is 0 Å². The van der Waals surface area contributed by atoms with Gasteiger partial charge in [-0.1, -0.05) is 6.07 Å². The third-order valence-corrected chi connectivity index (χ3v) is 4.20. The first-order valence-corrected chi connectivity index (χ1v) is 8.68. The fourth-order valence-electron chi connectivity index (χ4n) is 2.79. The van der Waals surface area contributed by atoms with Gasteiger partial charge < -0.3 is 15.0 Å². The van der Waals surface area contributed by atoms with Crippen LogP contribution in [0.2, 0.25) is 0 Å². The third-order valence-electron chi connectivity index (χ3n) is 4.20. The Morgan fingerprint density at radius 2 is 1.92 bits per heavy atom. The van der Waals surface area contributed by atoms with E-state index in [1.54, 1.807) is 24.0 Å². The highest BCUT2D eigenvalue weighted by molar-refractivity contribution is 5.90. The first-order chi connectivity index (χ1) is 11.6. The Kier molecular flexibility index (Phi) is 6.03. The fraction of sp³-hybridized carbons (Fsp3) is 0.579. The van der Waals surface area contributed by atoms with Gasteiger partial charge in [0, 0.05) is 25.2 Å². The number of rotatable bonds is 3.